The molecule has 0 aliphatic rings. The van der Waals surface area contributed by atoms with Crippen LogP contribution < -0.4 is 0 Å². The summed E-state index contributed by atoms with van der Waals surface area (Å²) in [5.41, 5.74) is -0.522. The third kappa shape index (κ3) is 6.74. The number of hydrogen-bond donors (Lipinski definition) is 0. The zero-order valence-corrected chi connectivity index (χ0v) is 16.1. The third-order valence-electron chi connectivity index (χ3n) is 3.92. The number of esters is 1. The van der Waals surface area contributed by atoms with E-state index in [1.807, 2.05) is 20.8 Å². The standard InChI is InChI=1S/C16H32O4Si/c1-12(17)13(20-21(8,9)16(5,6)7)10-11-19-14(18)15(2,3)4/h13H,10-11H2,1-9H3/t13-/m0/s1. The Morgan fingerprint density at radius 1 is 1.05 bits per heavy atom. The topological polar surface area (TPSA) is 52.6 Å². The van der Waals surface area contributed by atoms with E-state index in [4.69, 9.17) is 9.16 Å². The van der Waals surface area contributed by atoms with E-state index in [0.717, 1.165) is 0 Å². The van der Waals surface area contributed by atoms with E-state index in [1.165, 1.54) is 6.92 Å². The second-order valence-corrected chi connectivity index (χ2v) is 12.9. The first-order valence-corrected chi connectivity index (χ1v) is 10.4. The Morgan fingerprint density at radius 2 is 1.52 bits per heavy atom. The van der Waals surface area contributed by atoms with Crippen LogP contribution in [0, 0.1) is 5.41 Å². The van der Waals surface area contributed by atoms with Crippen LogP contribution in [0.4, 0.5) is 0 Å². The monoisotopic (exact) mass is 316 g/mol. The smallest absolute Gasteiger partial charge is 0.311 e. The number of carbonyl (C=O) groups is 2. The Hall–Kier alpha value is -0.683. The van der Waals surface area contributed by atoms with Crippen LogP contribution in [0.1, 0.15) is 54.9 Å². The highest BCUT2D eigenvalue weighted by molar-refractivity contribution is 6.74. The summed E-state index contributed by atoms with van der Waals surface area (Å²) in [6.45, 7) is 17.8. The minimum Gasteiger partial charge on any atom is -0.465 e. The molecule has 0 aromatic heterocycles. The second-order valence-electron chi connectivity index (χ2n) is 8.15. The van der Waals surface area contributed by atoms with Gasteiger partial charge in [0.15, 0.2) is 14.1 Å². The minimum absolute atomic E-state index is 0.00775. The molecule has 0 N–H and O–H groups in total. The third-order valence-corrected chi connectivity index (χ3v) is 8.41. The zero-order valence-electron chi connectivity index (χ0n) is 15.1. The van der Waals surface area contributed by atoms with Crippen LogP contribution in [0.2, 0.25) is 18.1 Å². The number of ether oxygens (including phenoxy) is 1. The second kappa shape index (κ2) is 7.05. The lowest BCUT2D eigenvalue weighted by Gasteiger charge is -2.38. The molecule has 1 atom stereocenters. The number of rotatable bonds is 6. The van der Waals surface area contributed by atoms with Gasteiger partial charge in [-0.1, -0.05) is 20.8 Å². The van der Waals surface area contributed by atoms with E-state index in [1.54, 1.807) is 0 Å². The van der Waals surface area contributed by atoms with Crippen molar-refractivity contribution >= 4 is 20.1 Å². The summed E-state index contributed by atoms with van der Waals surface area (Å²) in [5.74, 6) is -0.260. The van der Waals surface area contributed by atoms with Crippen LogP contribution >= 0.6 is 0 Å². The molecule has 0 spiro atoms. The maximum absolute atomic E-state index is 11.8. The summed E-state index contributed by atoms with van der Waals surface area (Å²) in [7, 11) is -2.01. The first-order valence-electron chi connectivity index (χ1n) is 7.54. The molecular weight excluding hydrogens is 284 g/mol. The molecule has 0 aromatic rings. The Morgan fingerprint density at radius 3 is 1.86 bits per heavy atom. The van der Waals surface area contributed by atoms with Crippen LogP contribution in [-0.2, 0) is 18.8 Å². The average Bonchev–Trinajstić information content (AvgIpc) is 2.24. The molecule has 0 amide bonds. The maximum atomic E-state index is 11.8. The minimum atomic E-state index is -2.01. The van der Waals surface area contributed by atoms with E-state index < -0.39 is 19.8 Å². The molecule has 5 heteroatoms. The summed E-state index contributed by atoms with van der Waals surface area (Å²) in [5, 5.41) is 0.0444. The fourth-order valence-electron chi connectivity index (χ4n) is 1.35. The molecular formula is C16H32O4Si. The quantitative estimate of drug-likeness (QED) is 0.550. The molecule has 0 saturated carbocycles. The first-order chi connectivity index (χ1) is 9.18. The van der Waals surface area contributed by atoms with Gasteiger partial charge in [0.2, 0.25) is 0 Å². The maximum Gasteiger partial charge on any atom is 0.311 e. The Balaban J connectivity index is 4.61. The summed E-state index contributed by atoms with van der Waals surface area (Å²) in [6, 6.07) is 0. The zero-order chi connectivity index (χ0) is 17.1. The Labute approximate surface area is 130 Å². The highest BCUT2D eigenvalue weighted by Gasteiger charge is 2.40. The molecule has 0 fully saturated rings. The van der Waals surface area contributed by atoms with Crippen molar-refractivity contribution in [3.8, 4) is 0 Å². The predicted molar refractivity (Wildman–Crippen MR) is 87.8 cm³/mol. The predicted octanol–water partition coefficient (Wildman–Crippen LogP) is 3.95. The number of carbonyl (C=O) groups excluding carboxylic acids is 2. The lowest BCUT2D eigenvalue weighted by molar-refractivity contribution is -0.154. The SMILES string of the molecule is CC(=O)[C@H](CCOC(=O)C(C)(C)C)O[Si](C)(C)C(C)(C)C. The molecule has 0 saturated heterocycles. The number of hydrogen-bond acceptors (Lipinski definition) is 4. The van der Waals surface area contributed by atoms with Crippen molar-refractivity contribution in [2.45, 2.75) is 79.1 Å². The molecule has 0 unspecified atom stereocenters. The summed E-state index contributed by atoms with van der Waals surface area (Å²) in [6.07, 6.45) is -0.0671. The fourth-order valence-corrected chi connectivity index (χ4v) is 2.70. The lowest BCUT2D eigenvalue weighted by Crippen LogP contribution is -2.46. The molecule has 0 rings (SSSR count). The van der Waals surface area contributed by atoms with E-state index in [2.05, 4.69) is 33.9 Å². The number of ketones is 1. The lowest BCUT2D eigenvalue weighted by atomic mass is 9.97. The van der Waals surface area contributed by atoms with Crippen molar-refractivity contribution in [2.24, 2.45) is 5.41 Å². The average molecular weight is 317 g/mol. The molecule has 0 aliphatic heterocycles. The van der Waals surface area contributed by atoms with E-state index in [9.17, 15) is 9.59 Å². The first kappa shape index (κ1) is 20.3. The largest absolute Gasteiger partial charge is 0.465 e. The van der Waals surface area contributed by atoms with Gasteiger partial charge in [-0.25, -0.2) is 0 Å². The van der Waals surface area contributed by atoms with Gasteiger partial charge < -0.3 is 9.16 Å². The van der Waals surface area contributed by atoms with Crippen LogP contribution in [0.25, 0.3) is 0 Å². The van der Waals surface area contributed by atoms with Gasteiger partial charge in [0.1, 0.15) is 6.10 Å². The van der Waals surface area contributed by atoms with E-state index >= 15 is 0 Å². The van der Waals surface area contributed by atoms with Gasteiger partial charge >= 0.3 is 5.97 Å². The molecule has 0 heterocycles. The van der Waals surface area contributed by atoms with Gasteiger partial charge in [-0.15, -0.1) is 0 Å². The fraction of sp³-hybridized carbons (Fsp3) is 0.875. The highest BCUT2D eigenvalue weighted by atomic mass is 28.4. The molecule has 0 aromatic carbocycles. The molecule has 0 radical (unpaired) electrons. The Kier molecular flexibility index (Phi) is 6.82. The van der Waals surface area contributed by atoms with Crippen molar-refractivity contribution in [3.63, 3.8) is 0 Å². The highest BCUT2D eigenvalue weighted by Crippen LogP contribution is 2.37. The molecule has 21 heavy (non-hydrogen) atoms. The van der Waals surface area contributed by atoms with Gasteiger partial charge in [0, 0.05) is 6.42 Å². The molecule has 124 valence electrons. The normalized spacial score (nSPS) is 14.7. The molecule has 0 aliphatic carbocycles. The summed E-state index contributed by atoms with van der Waals surface area (Å²) in [4.78, 5) is 23.5. The van der Waals surface area contributed by atoms with E-state index in [0.29, 0.717) is 6.42 Å². The molecule has 4 nitrogen and oxygen atoms in total. The van der Waals surface area contributed by atoms with Crippen molar-refractivity contribution in [1.29, 1.82) is 0 Å². The van der Waals surface area contributed by atoms with Gasteiger partial charge in [0.25, 0.3) is 0 Å². The number of Topliss-reactive ketones (excluding diaryl/α,β-unsaturated/α-hetero) is 1. The van der Waals surface area contributed by atoms with Gasteiger partial charge in [-0.05, 0) is 45.8 Å². The van der Waals surface area contributed by atoms with E-state index in [-0.39, 0.29) is 23.4 Å². The van der Waals surface area contributed by atoms with Crippen LogP contribution in [0.3, 0.4) is 0 Å². The van der Waals surface area contributed by atoms with Gasteiger partial charge in [-0.3, -0.25) is 9.59 Å². The van der Waals surface area contributed by atoms with Crippen molar-refractivity contribution in [1.82, 2.24) is 0 Å². The Bertz CT molecular complexity index is 375. The molecule has 0 bridgehead atoms. The van der Waals surface area contributed by atoms with Gasteiger partial charge in [0.05, 0.1) is 12.0 Å². The van der Waals surface area contributed by atoms with Crippen LogP contribution in [0.15, 0.2) is 0 Å². The van der Waals surface area contributed by atoms with Crippen molar-refractivity contribution in [3.05, 3.63) is 0 Å². The summed E-state index contributed by atoms with van der Waals surface area (Å²) >= 11 is 0. The van der Waals surface area contributed by atoms with Crippen molar-refractivity contribution in [2.75, 3.05) is 6.61 Å². The van der Waals surface area contributed by atoms with Crippen molar-refractivity contribution < 1.29 is 18.8 Å². The van der Waals surface area contributed by atoms with Gasteiger partial charge in [-0.2, -0.15) is 0 Å². The van der Waals surface area contributed by atoms with Crippen LogP contribution in [0.5, 0.6) is 0 Å². The summed E-state index contributed by atoms with van der Waals surface area (Å²) < 4.78 is 11.4. The van der Waals surface area contributed by atoms with Crippen LogP contribution in [-0.4, -0.2) is 32.8 Å².